The number of hydrogen-bond donors (Lipinski definition) is 2. The molecule has 2 aromatic carbocycles. The maximum Gasteiger partial charge on any atom is 0.416 e. The molecule has 184 valence electrons. The maximum absolute atomic E-state index is 12.7. The number of aromatic nitrogens is 5. The van der Waals surface area contributed by atoms with Crippen LogP contribution in [0.3, 0.4) is 0 Å². The molecule has 1 aliphatic rings. The molecule has 0 amide bonds. The Morgan fingerprint density at radius 2 is 1.97 bits per heavy atom. The molecular formula is C27H19F3N6S. The molecule has 0 radical (unpaired) electrons. The zero-order valence-corrected chi connectivity index (χ0v) is 20.1. The topological polar surface area (TPSA) is 71.4 Å². The second-order valence-corrected chi connectivity index (χ2v) is 9.53. The SMILES string of the molecule is FC(F)(F)c1ccc(NCC#Cc2cc(-c3n[nH]c4c3Cc3cc(Cn5cncn5)ccc3-4)cs2)cc1. The molecule has 5 aromatic rings. The van der Waals surface area contributed by atoms with E-state index in [0.29, 0.717) is 18.8 Å². The third kappa shape index (κ3) is 4.73. The molecule has 0 aliphatic heterocycles. The van der Waals surface area contributed by atoms with Gasteiger partial charge in [0.25, 0.3) is 0 Å². The third-order valence-electron chi connectivity index (χ3n) is 6.16. The average Bonchev–Trinajstić information content (AvgIpc) is 3.67. The number of halogens is 3. The lowest BCUT2D eigenvalue weighted by Crippen LogP contribution is -2.05. The van der Waals surface area contributed by atoms with E-state index in [-0.39, 0.29) is 0 Å². The number of anilines is 1. The predicted molar refractivity (Wildman–Crippen MR) is 136 cm³/mol. The molecule has 0 unspecified atom stereocenters. The monoisotopic (exact) mass is 516 g/mol. The van der Waals surface area contributed by atoms with Gasteiger partial charge in [-0.3, -0.25) is 5.10 Å². The maximum atomic E-state index is 12.7. The van der Waals surface area contributed by atoms with E-state index in [9.17, 15) is 13.2 Å². The zero-order valence-electron chi connectivity index (χ0n) is 19.3. The van der Waals surface area contributed by atoms with E-state index in [0.717, 1.165) is 40.4 Å². The van der Waals surface area contributed by atoms with Crippen LogP contribution in [-0.2, 0) is 19.1 Å². The van der Waals surface area contributed by atoms with Crippen LogP contribution in [0.25, 0.3) is 22.5 Å². The van der Waals surface area contributed by atoms with Crippen LogP contribution in [-0.4, -0.2) is 31.5 Å². The number of nitrogens with one attached hydrogen (secondary N) is 2. The highest BCUT2D eigenvalue weighted by Crippen LogP contribution is 2.41. The average molecular weight is 517 g/mol. The molecule has 6 nitrogen and oxygen atoms in total. The summed E-state index contributed by atoms with van der Waals surface area (Å²) in [4.78, 5) is 4.90. The Kier molecular flexibility index (Phi) is 5.77. The molecule has 0 saturated carbocycles. The number of rotatable bonds is 5. The van der Waals surface area contributed by atoms with E-state index in [1.54, 1.807) is 11.0 Å². The Hall–Kier alpha value is -4.36. The first-order chi connectivity index (χ1) is 17.9. The van der Waals surface area contributed by atoms with E-state index < -0.39 is 11.7 Å². The van der Waals surface area contributed by atoms with E-state index in [2.05, 4.69) is 55.6 Å². The van der Waals surface area contributed by atoms with Gasteiger partial charge < -0.3 is 5.32 Å². The number of fused-ring (bicyclic) bond motifs is 3. The normalized spacial score (nSPS) is 12.1. The molecule has 0 atom stereocenters. The van der Waals surface area contributed by atoms with E-state index in [4.69, 9.17) is 0 Å². The second-order valence-electron chi connectivity index (χ2n) is 8.62. The summed E-state index contributed by atoms with van der Waals surface area (Å²) >= 11 is 1.54. The minimum absolute atomic E-state index is 0.322. The molecule has 0 saturated heterocycles. The van der Waals surface area contributed by atoms with Gasteiger partial charge in [0.15, 0.2) is 0 Å². The fourth-order valence-electron chi connectivity index (χ4n) is 4.41. The van der Waals surface area contributed by atoms with Gasteiger partial charge in [-0.05, 0) is 41.5 Å². The minimum atomic E-state index is -4.34. The summed E-state index contributed by atoms with van der Waals surface area (Å²) in [5, 5.41) is 17.0. The number of nitrogens with zero attached hydrogens (tertiary/aromatic N) is 4. The molecule has 3 aromatic heterocycles. The Balaban J connectivity index is 1.12. The number of aromatic amines is 1. The standard InChI is InChI=1S/C27H19F3N6S/c28-27(29,30)20-4-6-21(7-5-20)32-9-1-2-22-11-19(14-37-22)25-24-12-18-10-17(13-36-16-31-15-33-36)3-8-23(18)26(24)35-34-25/h3-8,10-11,14-16,32H,9,12-13H2,(H,34,35). The summed E-state index contributed by atoms with van der Waals surface area (Å²) in [7, 11) is 0. The molecule has 2 N–H and O–H groups in total. The van der Waals surface area contributed by atoms with Crippen molar-refractivity contribution >= 4 is 17.0 Å². The van der Waals surface area contributed by atoms with E-state index in [1.807, 2.05) is 11.4 Å². The minimum Gasteiger partial charge on any atom is -0.374 e. The van der Waals surface area contributed by atoms with Crippen LogP contribution in [0.1, 0.15) is 27.1 Å². The zero-order chi connectivity index (χ0) is 25.4. The lowest BCUT2D eigenvalue weighted by Gasteiger charge is -2.07. The van der Waals surface area contributed by atoms with Crippen molar-refractivity contribution in [3.63, 3.8) is 0 Å². The van der Waals surface area contributed by atoms with Crippen LogP contribution in [0.5, 0.6) is 0 Å². The van der Waals surface area contributed by atoms with Crippen molar-refractivity contribution in [2.45, 2.75) is 19.1 Å². The molecule has 6 rings (SSSR count). The molecule has 0 spiro atoms. The van der Waals surface area contributed by atoms with E-state index in [1.165, 1.54) is 52.1 Å². The number of hydrogen-bond acceptors (Lipinski definition) is 5. The summed E-state index contributed by atoms with van der Waals surface area (Å²) in [5.41, 5.74) is 7.68. The van der Waals surface area contributed by atoms with Gasteiger partial charge in [0.1, 0.15) is 12.7 Å². The number of H-pyrrole nitrogens is 1. The molecular weight excluding hydrogens is 497 g/mol. The molecule has 0 fully saturated rings. The lowest BCUT2D eigenvalue weighted by atomic mass is 10.1. The molecule has 0 bridgehead atoms. The number of benzene rings is 2. The highest BCUT2D eigenvalue weighted by atomic mass is 32.1. The van der Waals surface area contributed by atoms with Crippen molar-refractivity contribution in [3.8, 4) is 34.4 Å². The quantitative estimate of drug-likeness (QED) is 0.283. The van der Waals surface area contributed by atoms with Crippen molar-refractivity contribution in [1.82, 2.24) is 25.0 Å². The Bertz CT molecular complexity index is 1620. The van der Waals surface area contributed by atoms with Crippen LogP contribution in [0.2, 0.25) is 0 Å². The fraction of sp³-hybridized carbons (Fsp3) is 0.148. The molecule has 10 heteroatoms. The highest BCUT2D eigenvalue weighted by Gasteiger charge is 2.30. The van der Waals surface area contributed by atoms with Gasteiger partial charge in [-0.1, -0.05) is 30.0 Å². The van der Waals surface area contributed by atoms with Gasteiger partial charge in [-0.15, -0.1) is 11.3 Å². The van der Waals surface area contributed by atoms with Gasteiger partial charge in [0, 0.05) is 34.2 Å². The first-order valence-electron chi connectivity index (χ1n) is 11.4. The van der Waals surface area contributed by atoms with Gasteiger partial charge in [-0.25, -0.2) is 9.67 Å². The van der Waals surface area contributed by atoms with Crippen molar-refractivity contribution in [3.05, 3.63) is 93.7 Å². The van der Waals surface area contributed by atoms with Crippen LogP contribution >= 0.6 is 11.3 Å². The molecule has 37 heavy (non-hydrogen) atoms. The first-order valence-corrected chi connectivity index (χ1v) is 12.3. The number of alkyl halides is 3. The van der Waals surface area contributed by atoms with Crippen molar-refractivity contribution in [1.29, 1.82) is 0 Å². The molecule has 3 heterocycles. The van der Waals surface area contributed by atoms with Crippen LogP contribution in [0.4, 0.5) is 18.9 Å². The predicted octanol–water partition coefficient (Wildman–Crippen LogP) is 5.83. The van der Waals surface area contributed by atoms with Crippen molar-refractivity contribution in [2.24, 2.45) is 0 Å². The third-order valence-corrected chi connectivity index (χ3v) is 7.01. The highest BCUT2D eigenvalue weighted by molar-refractivity contribution is 7.11. The van der Waals surface area contributed by atoms with Gasteiger partial charge >= 0.3 is 6.18 Å². The van der Waals surface area contributed by atoms with Crippen LogP contribution < -0.4 is 5.32 Å². The van der Waals surface area contributed by atoms with E-state index >= 15 is 0 Å². The van der Waals surface area contributed by atoms with Crippen molar-refractivity contribution < 1.29 is 13.2 Å². The van der Waals surface area contributed by atoms with Gasteiger partial charge in [-0.2, -0.15) is 23.4 Å². The summed E-state index contributed by atoms with van der Waals surface area (Å²) < 4.78 is 39.9. The second kappa shape index (κ2) is 9.26. The van der Waals surface area contributed by atoms with Gasteiger partial charge in [0.05, 0.1) is 34.9 Å². The van der Waals surface area contributed by atoms with Crippen LogP contribution in [0, 0.1) is 11.8 Å². The largest absolute Gasteiger partial charge is 0.416 e. The van der Waals surface area contributed by atoms with Gasteiger partial charge in [0.2, 0.25) is 0 Å². The Labute approximate surface area is 214 Å². The Morgan fingerprint density at radius 1 is 1.11 bits per heavy atom. The lowest BCUT2D eigenvalue weighted by molar-refractivity contribution is -0.137. The molecule has 1 aliphatic carbocycles. The summed E-state index contributed by atoms with van der Waals surface area (Å²) in [6, 6.07) is 13.4. The summed E-state index contributed by atoms with van der Waals surface area (Å²) in [6.45, 7) is 0.995. The smallest absolute Gasteiger partial charge is 0.374 e. The van der Waals surface area contributed by atoms with Crippen LogP contribution in [0.15, 0.2) is 66.6 Å². The summed E-state index contributed by atoms with van der Waals surface area (Å²) in [5.74, 6) is 6.15. The number of thiophene rings is 1. The van der Waals surface area contributed by atoms with Crippen molar-refractivity contribution in [2.75, 3.05) is 11.9 Å². The fourth-order valence-corrected chi connectivity index (χ4v) is 5.17. The first kappa shape index (κ1) is 23.1. The summed E-state index contributed by atoms with van der Waals surface area (Å²) in [6.07, 6.45) is -0.297. The Morgan fingerprint density at radius 3 is 2.76 bits per heavy atom.